The summed E-state index contributed by atoms with van der Waals surface area (Å²) in [5.74, 6) is 0.791. The minimum Gasteiger partial charge on any atom is -0.376 e. The highest BCUT2D eigenvalue weighted by Crippen LogP contribution is 2.25. The SMILES string of the molecule is Cc1cc(C)cc(CSc2nc3ccccc3c(=O)n2CC2CCCO2)c1. The summed E-state index contributed by atoms with van der Waals surface area (Å²) >= 11 is 1.63. The highest BCUT2D eigenvalue weighted by molar-refractivity contribution is 7.98. The Morgan fingerprint density at radius 2 is 1.96 bits per heavy atom. The van der Waals surface area contributed by atoms with Crippen LogP contribution in [-0.4, -0.2) is 22.3 Å². The van der Waals surface area contributed by atoms with Crippen LogP contribution in [0.3, 0.4) is 0 Å². The number of benzene rings is 2. The normalized spacial score (nSPS) is 16.9. The molecule has 5 heteroatoms. The lowest BCUT2D eigenvalue weighted by Gasteiger charge is -2.16. The first-order chi connectivity index (χ1) is 13.1. The predicted octanol–water partition coefficient (Wildman–Crippen LogP) is 4.48. The van der Waals surface area contributed by atoms with Crippen LogP contribution in [0.2, 0.25) is 0 Å². The van der Waals surface area contributed by atoms with Crippen LogP contribution in [0.1, 0.15) is 29.5 Å². The molecule has 27 heavy (non-hydrogen) atoms. The first-order valence-corrected chi connectivity index (χ1v) is 10.4. The van der Waals surface area contributed by atoms with Crippen molar-refractivity contribution in [2.45, 2.75) is 50.2 Å². The van der Waals surface area contributed by atoms with Crippen LogP contribution < -0.4 is 5.56 Å². The number of para-hydroxylation sites is 1. The van der Waals surface area contributed by atoms with E-state index >= 15 is 0 Å². The van der Waals surface area contributed by atoms with Crippen LogP contribution in [0.15, 0.2) is 52.4 Å². The number of fused-ring (bicyclic) bond motifs is 1. The van der Waals surface area contributed by atoms with Gasteiger partial charge in [0.2, 0.25) is 0 Å². The molecule has 1 aliphatic rings. The number of thioether (sulfide) groups is 1. The van der Waals surface area contributed by atoms with E-state index in [2.05, 4.69) is 32.0 Å². The van der Waals surface area contributed by atoms with Crippen LogP contribution in [0, 0.1) is 13.8 Å². The molecule has 0 spiro atoms. The van der Waals surface area contributed by atoms with Gasteiger partial charge in [-0.3, -0.25) is 9.36 Å². The molecule has 0 N–H and O–H groups in total. The van der Waals surface area contributed by atoms with Crippen molar-refractivity contribution in [2.75, 3.05) is 6.61 Å². The number of aromatic nitrogens is 2. The zero-order chi connectivity index (χ0) is 18.8. The fourth-order valence-corrected chi connectivity index (χ4v) is 4.65. The van der Waals surface area contributed by atoms with Crippen molar-refractivity contribution in [3.63, 3.8) is 0 Å². The quantitative estimate of drug-likeness (QED) is 0.483. The zero-order valence-electron chi connectivity index (χ0n) is 15.8. The Morgan fingerprint density at radius 3 is 2.70 bits per heavy atom. The van der Waals surface area contributed by atoms with E-state index in [0.717, 1.165) is 35.9 Å². The molecule has 3 aromatic rings. The number of hydrogen-bond donors (Lipinski definition) is 0. The summed E-state index contributed by atoms with van der Waals surface area (Å²) in [6, 6.07) is 14.2. The van der Waals surface area contributed by atoms with Crippen LogP contribution in [0.25, 0.3) is 10.9 Å². The lowest BCUT2D eigenvalue weighted by atomic mass is 10.1. The van der Waals surface area contributed by atoms with Crippen LogP contribution >= 0.6 is 11.8 Å². The Labute approximate surface area is 163 Å². The Bertz CT molecular complexity index is 1000. The lowest BCUT2D eigenvalue weighted by Crippen LogP contribution is -2.28. The minimum absolute atomic E-state index is 0.0269. The van der Waals surface area contributed by atoms with Crippen LogP contribution in [-0.2, 0) is 17.0 Å². The van der Waals surface area contributed by atoms with Gasteiger partial charge >= 0.3 is 0 Å². The van der Waals surface area contributed by atoms with E-state index in [-0.39, 0.29) is 11.7 Å². The molecule has 0 saturated carbocycles. The maximum Gasteiger partial charge on any atom is 0.262 e. The third-order valence-electron chi connectivity index (χ3n) is 4.89. The van der Waals surface area contributed by atoms with E-state index in [4.69, 9.17) is 9.72 Å². The van der Waals surface area contributed by atoms with Crippen molar-refractivity contribution in [1.82, 2.24) is 9.55 Å². The summed E-state index contributed by atoms with van der Waals surface area (Å²) in [4.78, 5) is 17.9. The Morgan fingerprint density at radius 1 is 1.19 bits per heavy atom. The number of aryl methyl sites for hydroxylation is 2. The van der Waals surface area contributed by atoms with E-state index in [1.807, 2.05) is 28.8 Å². The minimum atomic E-state index is 0.0269. The summed E-state index contributed by atoms with van der Waals surface area (Å²) in [6.07, 6.45) is 2.16. The molecule has 140 valence electrons. The molecule has 0 bridgehead atoms. The highest BCUT2D eigenvalue weighted by atomic mass is 32.2. The van der Waals surface area contributed by atoms with Gasteiger partial charge in [0.25, 0.3) is 5.56 Å². The van der Waals surface area contributed by atoms with E-state index in [1.165, 1.54) is 16.7 Å². The molecule has 4 rings (SSSR count). The van der Waals surface area contributed by atoms with Gasteiger partial charge < -0.3 is 4.74 Å². The van der Waals surface area contributed by atoms with Crippen molar-refractivity contribution in [3.05, 3.63) is 69.5 Å². The smallest absolute Gasteiger partial charge is 0.262 e. The van der Waals surface area contributed by atoms with E-state index in [9.17, 15) is 4.79 Å². The molecule has 0 amide bonds. The third-order valence-corrected chi connectivity index (χ3v) is 5.93. The maximum atomic E-state index is 13.1. The predicted molar refractivity (Wildman–Crippen MR) is 110 cm³/mol. The second-order valence-electron chi connectivity index (χ2n) is 7.25. The summed E-state index contributed by atoms with van der Waals surface area (Å²) in [5, 5.41) is 1.44. The van der Waals surface area contributed by atoms with Crippen molar-refractivity contribution < 1.29 is 4.74 Å². The van der Waals surface area contributed by atoms with Gasteiger partial charge in [0.1, 0.15) is 0 Å². The fraction of sp³-hybridized carbons (Fsp3) is 0.364. The van der Waals surface area contributed by atoms with Gasteiger partial charge in [-0.1, -0.05) is 53.2 Å². The second-order valence-corrected chi connectivity index (χ2v) is 8.19. The fourth-order valence-electron chi connectivity index (χ4n) is 3.71. The van der Waals surface area contributed by atoms with Crippen molar-refractivity contribution >= 4 is 22.7 Å². The van der Waals surface area contributed by atoms with E-state index < -0.39 is 0 Å². The van der Waals surface area contributed by atoms with E-state index in [1.54, 1.807) is 11.8 Å². The van der Waals surface area contributed by atoms with Gasteiger partial charge in [0, 0.05) is 12.4 Å². The molecule has 1 saturated heterocycles. The summed E-state index contributed by atoms with van der Waals surface area (Å²) in [6.45, 7) is 5.59. The van der Waals surface area contributed by atoms with Crippen LogP contribution in [0.4, 0.5) is 0 Å². The standard InChI is InChI=1S/C22H24N2O2S/c1-15-10-16(2)12-17(11-15)14-27-22-23-20-8-4-3-7-19(20)21(25)24(22)13-18-6-5-9-26-18/h3-4,7-8,10-12,18H,5-6,9,13-14H2,1-2H3. The van der Waals surface area contributed by atoms with Crippen molar-refractivity contribution in [1.29, 1.82) is 0 Å². The van der Waals surface area contributed by atoms with E-state index in [0.29, 0.717) is 11.9 Å². The molecule has 1 unspecified atom stereocenters. The first kappa shape index (κ1) is 18.3. The van der Waals surface area contributed by atoms with Gasteiger partial charge in [-0.15, -0.1) is 0 Å². The molecule has 0 aliphatic carbocycles. The average molecular weight is 381 g/mol. The lowest BCUT2D eigenvalue weighted by molar-refractivity contribution is 0.0937. The number of ether oxygens (including phenoxy) is 1. The van der Waals surface area contributed by atoms with Crippen LogP contribution in [0.5, 0.6) is 0 Å². The summed E-state index contributed by atoms with van der Waals surface area (Å²) in [7, 11) is 0. The molecular formula is C22H24N2O2S. The summed E-state index contributed by atoms with van der Waals surface area (Å²) in [5.41, 5.74) is 4.55. The number of nitrogens with zero attached hydrogens (tertiary/aromatic N) is 2. The Balaban J connectivity index is 1.69. The van der Waals surface area contributed by atoms with Gasteiger partial charge in [0.05, 0.1) is 23.6 Å². The average Bonchev–Trinajstić information content (AvgIpc) is 3.15. The summed E-state index contributed by atoms with van der Waals surface area (Å²) < 4.78 is 7.59. The van der Waals surface area contributed by atoms with Gasteiger partial charge in [-0.25, -0.2) is 4.98 Å². The van der Waals surface area contributed by atoms with Crippen molar-refractivity contribution in [3.8, 4) is 0 Å². The number of rotatable bonds is 5. The first-order valence-electron chi connectivity index (χ1n) is 9.41. The number of hydrogen-bond acceptors (Lipinski definition) is 4. The highest BCUT2D eigenvalue weighted by Gasteiger charge is 2.20. The molecular weight excluding hydrogens is 356 g/mol. The third kappa shape index (κ3) is 4.09. The van der Waals surface area contributed by atoms with Gasteiger partial charge in [-0.05, 0) is 44.4 Å². The maximum absolute atomic E-state index is 13.1. The zero-order valence-corrected chi connectivity index (χ0v) is 16.6. The molecule has 0 radical (unpaired) electrons. The molecule has 1 aliphatic heterocycles. The molecule has 4 nitrogen and oxygen atoms in total. The molecule has 2 aromatic carbocycles. The largest absolute Gasteiger partial charge is 0.376 e. The second kappa shape index (κ2) is 7.87. The van der Waals surface area contributed by atoms with Gasteiger partial charge in [-0.2, -0.15) is 0 Å². The topological polar surface area (TPSA) is 44.1 Å². The molecule has 2 heterocycles. The molecule has 1 aromatic heterocycles. The van der Waals surface area contributed by atoms with Gasteiger partial charge in [0.15, 0.2) is 5.16 Å². The molecule has 1 fully saturated rings. The molecule has 1 atom stereocenters. The Hall–Kier alpha value is -2.11. The Kier molecular flexibility index (Phi) is 5.32. The van der Waals surface area contributed by atoms with Crippen molar-refractivity contribution in [2.24, 2.45) is 0 Å². The monoisotopic (exact) mass is 380 g/mol.